The number of hydrogen-bond donors (Lipinski definition) is 1. The van der Waals surface area contributed by atoms with E-state index in [1.807, 2.05) is 37.0 Å². The van der Waals surface area contributed by atoms with Gasteiger partial charge in [0.15, 0.2) is 0 Å². The molecule has 0 fully saturated rings. The third-order valence-corrected chi connectivity index (χ3v) is 2.67. The van der Waals surface area contributed by atoms with Gasteiger partial charge >= 0.3 is 0 Å². The van der Waals surface area contributed by atoms with Crippen LogP contribution >= 0.6 is 0 Å². The lowest BCUT2D eigenvalue weighted by Crippen LogP contribution is -2.14. The van der Waals surface area contributed by atoms with Crippen molar-refractivity contribution in [2.24, 2.45) is 7.05 Å². The zero-order valence-corrected chi connectivity index (χ0v) is 10.4. The van der Waals surface area contributed by atoms with Crippen molar-refractivity contribution < 1.29 is 4.42 Å². The zero-order chi connectivity index (χ0) is 12.1. The summed E-state index contributed by atoms with van der Waals surface area (Å²) < 4.78 is 7.32. The van der Waals surface area contributed by atoms with Gasteiger partial charge in [-0.15, -0.1) is 0 Å². The number of furan rings is 1. The summed E-state index contributed by atoms with van der Waals surface area (Å²) in [5.74, 6) is 1.97. The summed E-state index contributed by atoms with van der Waals surface area (Å²) in [6.07, 6.45) is 6.18. The molecule has 0 radical (unpaired) electrons. The molecule has 0 saturated heterocycles. The molecule has 0 aliphatic rings. The Kier molecular flexibility index (Phi) is 3.98. The fourth-order valence-corrected chi connectivity index (χ4v) is 1.81. The third kappa shape index (κ3) is 3.75. The van der Waals surface area contributed by atoms with Crippen LogP contribution in [0.15, 0.2) is 28.9 Å². The second kappa shape index (κ2) is 5.68. The van der Waals surface area contributed by atoms with Crippen molar-refractivity contribution in [2.75, 3.05) is 6.54 Å². The van der Waals surface area contributed by atoms with Crippen molar-refractivity contribution in [1.29, 1.82) is 0 Å². The molecule has 2 rings (SSSR count). The second-order valence-corrected chi connectivity index (χ2v) is 4.31. The third-order valence-electron chi connectivity index (χ3n) is 2.67. The van der Waals surface area contributed by atoms with Crippen LogP contribution in [0.3, 0.4) is 0 Å². The Labute approximate surface area is 102 Å². The van der Waals surface area contributed by atoms with Gasteiger partial charge in [-0.25, -0.2) is 0 Å². The van der Waals surface area contributed by atoms with Crippen molar-refractivity contribution >= 4 is 0 Å². The van der Waals surface area contributed by atoms with Crippen LogP contribution in [-0.4, -0.2) is 16.3 Å². The zero-order valence-electron chi connectivity index (χ0n) is 10.4. The molecule has 0 bridgehead atoms. The van der Waals surface area contributed by atoms with E-state index in [4.69, 9.17) is 4.42 Å². The Morgan fingerprint density at radius 3 is 2.94 bits per heavy atom. The van der Waals surface area contributed by atoms with E-state index in [1.54, 1.807) is 0 Å². The SMILES string of the molecule is Cc1ccc(CNCCCc2cnn(C)c2)o1. The van der Waals surface area contributed by atoms with E-state index in [-0.39, 0.29) is 0 Å². The summed E-state index contributed by atoms with van der Waals surface area (Å²) in [7, 11) is 1.95. The highest BCUT2D eigenvalue weighted by atomic mass is 16.3. The summed E-state index contributed by atoms with van der Waals surface area (Å²) in [5, 5.41) is 7.52. The molecule has 0 aliphatic carbocycles. The molecular formula is C13H19N3O. The number of nitrogens with one attached hydrogen (secondary N) is 1. The summed E-state index contributed by atoms with van der Waals surface area (Å²) in [6, 6.07) is 4.01. The molecule has 2 aromatic heterocycles. The number of hydrogen-bond acceptors (Lipinski definition) is 3. The molecule has 2 heterocycles. The van der Waals surface area contributed by atoms with Crippen LogP contribution in [0.1, 0.15) is 23.5 Å². The van der Waals surface area contributed by atoms with Crippen LogP contribution in [0.25, 0.3) is 0 Å². The highest BCUT2D eigenvalue weighted by Crippen LogP contribution is 2.05. The molecular weight excluding hydrogens is 214 g/mol. The lowest BCUT2D eigenvalue weighted by molar-refractivity contribution is 0.460. The van der Waals surface area contributed by atoms with Crippen LogP contribution in [0.5, 0.6) is 0 Å². The maximum absolute atomic E-state index is 5.48. The summed E-state index contributed by atoms with van der Waals surface area (Å²) in [6.45, 7) is 3.77. The molecule has 0 atom stereocenters. The molecule has 2 aromatic rings. The fourth-order valence-electron chi connectivity index (χ4n) is 1.81. The van der Waals surface area contributed by atoms with Crippen molar-refractivity contribution in [2.45, 2.75) is 26.3 Å². The smallest absolute Gasteiger partial charge is 0.117 e. The van der Waals surface area contributed by atoms with Gasteiger partial charge in [0.2, 0.25) is 0 Å². The number of aromatic nitrogens is 2. The van der Waals surface area contributed by atoms with Crippen LogP contribution in [0.4, 0.5) is 0 Å². The van der Waals surface area contributed by atoms with Gasteiger partial charge in [0.05, 0.1) is 12.7 Å². The van der Waals surface area contributed by atoms with E-state index in [0.29, 0.717) is 0 Å². The standard InChI is InChI=1S/C13H19N3O/c1-11-5-6-13(17-11)9-14-7-3-4-12-8-15-16(2)10-12/h5-6,8,10,14H,3-4,7,9H2,1-2H3. The number of aryl methyl sites for hydroxylation is 3. The molecule has 0 aromatic carbocycles. The van der Waals surface area contributed by atoms with Gasteiger partial charge < -0.3 is 9.73 Å². The number of nitrogens with zero attached hydrogens (tertiary/aromatic N) is 2. The molecule has 1 N–H and O–H groups in total. The van der Waals surface area contributed by atoms with E-state index >= 15 is 0 Å². The average Bonchev–Trinajstić information content (AvgIpc) is 2.88. The largest absolute Gasteiger partial charge is 0.465 e. The highest BCUT2D eigenvalue weighted by molar-refractivity contribution is 5.05. The Morgan fingerprint density at radius 1 is 1.41 bits per heavy atom. The Balaban J connectivity index is 1.60. The number of rotatable bonds is 6. The molecule has 0 aliphatic heterocycles. The van der Waals surface area contributed by atoms with Crippen LogP contribution < -0.4 is 5.32 Å². The van der Waals surface area contributed by atoms with E-state index in [2.05, 4.69) is 16.6 Å². The van der Waals surface area contributed by atoms with Crippen molar-refractivity contribution in [3.05, 3.63) is 41.6 Å². The average molecular weight is 233 g/mol. The quantitative estimate of drug-likeness (QED) is 0.776. The Hall–Kier alpha value is -1.55. The van der Waals surface area contributed by atoms with Gasteiger partial charge in [-0.1, -0.05) is 0 Å². The van der Waals surface area contributed by atoms with Gasteiger partial charge in [-0.05, 0) is 44.0 Å². The monoisotopic (exact) mass is 233 g/mol. The normalized spacial score (nSPS) is 10.9. The first-order valence-corrected chi connectivity index (χ1v) is 5.97. The minimum atomic E-state index is 0.806. The summed E-state index contributed by atoms with van der Waals surface area (Å²) in [5.41, 5.74) is 1.29. The van der Waals surface area contributed by atoms with Gasteiger partial charge in [0.1, 0.15) is 11.5 Å². The van der Waals surface area contributed by atoms with E-state index in [1.165, 1.54) is 5.56 Å². The maximum Gasteiger partial charge on any atom is 0.117 e. The molecule has 17 heavy (non-hydrogen) atoms. The van der Waals surface area contributed by atoms with Gasteiger partial charge in [-0.3, -0.25) is 4.68 Å². The van der Waals surface area contributed by atoms with E-state index in [0.717, 1.165) is 37.5 Å². The van der Waals surface area contributed by atoms with Crippen molar-refractivity contribution in [3.8, 4) is 0 Å². The molecule has 0 spiro atoms. The minimum Gasteiger partial charge on any atom is -0.465 e. The van der Waals surface area contributed by atoms with Gasteiger partial charge in [-0.2, -0.15) is 5.10 Å². The van der Waals surface area contributed by atoms with Crippen LogP contribution in [0.2, 0.25) is 0 Å². The highest BCUT2D eigenvalue weighted by Gasteiger charge is 1.98. The Morgan fingerprint density at radius 2 is 2.29 bits per heavy atom. The van der Waals surface area contributed by atoms with E-state index in [9.17, 15) is 0 Å². The molecule has 4 nitrogen and oxygen atoms in total. The second-order valence-electron chi connectivity index (χ2n) is 4.31. The minimum absolute atomic E-state index is 0.806. The first-order chi connectivity index (χ1) is 8.24. The molecule has 92 valence electrons. The predicted molar refractivity (Wildman–Crippen MR) is 66.7 cm³/mol. The molecule has 0 unspecified atom stereocenters. The van der Waals surface area contributed by atoms with Crippen LogP contribution in [-0.2, 0) is 20.0 Å². The first kappa shape index (κ1) is 11.9. The molecule has 4 heteroatoms. The first-order valence-electron chi connectivity index (χ1n) is 5.97. The summed E-state index contributed by atoms with van der Waals surface area (Å²) in [4.78, 5) is 0. The molecule has 0 saturated carbocycles. The van der Waals surface area contributed by atoms with Gasteiger partial charge in [0.25, 0.3) is 0 Å². The van der Waals surface area contributed by atoms with Crippen molar-refractivity contribution in [3.63, 3.8) is 0 Å². The Bertz CT molecular complexity index is 416. The summed E-state index contributed by atoms with van der Waals surface area (Å²) >= 11 is 0. The van der Waals surface area contributed by atoms with Crippen molar-refractivity contribution in [1.82, 2.24) is 15.1 Å². The lowest BCUT2D eigenvalue weighted by atomic mass is 10.2. The topological polar surface area (TPSA) is 43.0 Å². The van der Waals surface area contributed by atoms with E-state index < -0.39 is 0 Å². The maximum atomic E-state index is 5.48. The van der Waals surface area contributed by atoms with Crippen LogP contribution in [0, 0.1) is 6.92 Å². The fraction of sp³-hybridized carbons (Fsp3) is 0.462. The van der Waals surface area contributed by atoms with Gasteiger partial charge in [0, 0.05) is 13.2 Å². The lowest BCUT2D eigenvalue weighted by Gasteiger charge is -2.01. The predicted octanol–water partition coefficient (Wildman–Crippen LogP) is 2.04. The molecule has 0 amide bonds.